The maximum Gasteiger partial charge on any atom is 0.262 e. The second kappa shape index (κ2) is 8.20. The van der Waals surface area contributed by atoms with Crippen LogP contribution in [0.2, 0.25) is 0 Å². The summed E-state index contributed by atoms with van der Waals surface area (Å²) < 4.78 is 1.29. The van der Waals surface area contributed by atoms with Gasteiger partial charge in [0.2, 0.25) is 0 Å². The Morgan fingerprint density at radius 1 is 1.17 bits per heavy atom. The van der Waals surface area contributed by atoms with Crippen LogP contribution in [0, 0.1) is 6.92 Å². The number of carbonyl (C=O) groups is 1. The van der Waals surface area contributed by atoms with Gasteiger partial charge in [-0.3, -0.25) is 14.2 Å². The Hall–Kier alpha value is -3.58. The number of aromatic nitrogens is 2. The molecule has 144 valence electrons. The number of thiophene rings is 1. The molecule has 6 nitrogen and oxygen atoms in total. The number of nitrogens with one attached hydrogen (secondary N) is 1. The van der Waals surface area contributed by atoms with Gasteiger partial charge in [-0.1, -0.05) is 60.2 Å². The van der Waals surface area contributed by atoms with Gasteiger partial charge in [-0.15, -0.1) is 11.3 Å². The van der Waals surface area contributed by atoms with Crippen LogP contribution in [-0.2, 0) is 11.3 Å². The molecule has 0 unspecified atom stereocenters. The molecular formula is C22H18N4O2S. The summed E-state index contributed by atoms with van der Waals surface area (Å²) in [5, 5.41) is 4.45. The molecule has 0 saturated heterocycles. The molecule has 0 atom stereocenters. The molecule has 0 bridgehead atoms. The summed E-state index contributed by atoms with van der Waals surface area (Å²) in [7, 11) is 0. The molecule has 2 aromatic heterocycles. The Morgan fingerprint density at radius 3 is 2.69 bits per heavy atom. The first kappa shape index (κ1) is 18.8. The monoisotopic (exact) mass is 402 g/mol. The van der Waals surface area contributed by atoms with Crippen molar-refractivity contribution < 1.29 is 4.79 Å². The summed E-state index contributed by atoms with van der Waals surface area (Å²) in [6, 6.07) is 19.4. The number of hydrogen-bond acceptors (Lipinski definition) is 5. The number of carbonyl (C=O) groups excluding carboxylic acids is 1. The smallest absolute Gasteiger partial charge is 0.262 e. The predicted octanol–water partition coefficient (Wildman–Crippen LogP) is 3.58. The molecule has 2 heterocycles. The average Bonchev–Trinajstić information content (AvgIpc) is 3.18. The van der Waals surface area contributed by atoms with Crippen LogP contribution in [0.5, 0.6) is 0 Å². The summed E-state index contributed by atoms with van der Waals surface area (Å²) in [5.74, 6) is -0.393. The van der Waals surface area contributed by atoms with E-state index >= 15 is 0 Å². The lowest BCUT2D eigenvalue weighted by Gasteiger charge is -2.03. The van der Waals surface area contributed by atoms with Crippen LogP contribution in [0.3, 0.4) is 0 Å². The number of hydrazone groups is 1. The zero-order valence-corrected chi connectivity index (χ0v) is 16.5. The second-order valence-corrected chi connectivity index (χ2v) is 7.61. The molecule has 1 amide bonds. The van der Waals surface area contributed by atoms with Gasteiger partial charge in [-0.2, -0.15) is 5.10 Å². The van der Waals surface area contributed by atoms with Crippen molar-refractivity contribution >= 4 is 33.7 Å². The van der Waals surface area contributed by atoms with Gasteiger partial charge in [0, 0.05) is 4.88 Å². The lowest BCUT2D eigenvalue weighted by molar-refractivity contribution is -0.121. The Balaban J connectivity index is 1.49. The molecule has 0 aliphatic carbocycles. The summed E-state index contributed by atoms with van der Waals surface area (Å²) in [5.41, 5.74) is 5.26. The third kappa shape index (κ3) is 4.30. The first-order valence-corrected chi connectivity index (χ1v) is 9.85. The zero-order chi connectivity index (χ0) is 20.2. The number of nitrogens with zero attached hydrogens (tertiary/aromatic N) is 3. The second-order valence-electron chi connectivity index (χ2n) is 6.58. The van der Waals surface area contributed by atoms with E-state index in [9.17, 15) is 9.59 Å². The minimum Gasteiger partial charge on any atom is -0.289 e. The molecule has 0 aliphatic heterocycles. The molecule has 0 aliphatic rings. The Morgan fingerprint density at radius 2 is 1.93 bits per heavy atom. The normalized spacial score (nSPS) is 11.2. The lowest BCUT2D eigenvalue weighted by Crippen LogP contribution is -2.29. The highest BCUT2D eigenvalue weighted by Crippen LogP contribution is 2.30. The fourth-order valence-corrected chi connectivity index (χ4v) is 3.83. The van der Waals surface area contributed by atoms with E-state index in [1.54, 1.807) is 6.21 Å². The zero-order valence-electron chi connectivity index (χ0n) is 15.7. The summed E-state index contributed by atoms with van der Waals surface area (Å²) in [6.45, 7) is 1.85. The molecule has 2 aromatic carbocycles. The molecule has 29 heavy (non-hydrogen) atoms. The van der Waals surface area contributed by atoms with Gasteiger partial charge in [0.15, 0.2) is 0 Å². The van der Waals surface area contributed by atoms with E-state index in [-0.39, 0.29) is 12.1 Å². The van der Waals surface area contributed by atoms with Crippen LogP contribution in [-0.4, -0.2) is 21.7 Å². The maximum absolute atomic E-state index is 12.7. The maximum atomic E-state index is 12.7. The molecule has 0 saturated carbocycles. The summed E-state index contributed by atoms with van der Waals surface area (Å²) in [4.78, 5) is 30.9. The van der Waals surface area contributed by atoms with E-state index < -0.39 is 5.91 Å². The largest absolute Gasteiger partial charge is 0.289 e. The number of rotatable bonds is 5. The summed E-state index contributed by atoms with van der Waals surface area (Å²) >= 11 is 1.46. The molecule has 0 fully saturated rings. The molecule has 4 aromatic rings. The van der Waals surface area contributed by atoms with Gasteiger partial charge in [0.25, 0.3) is 11.5 Å². The van der Waals surface area contributed by atoms with E-state index in [0.29, 0.717) is 10.2 Å². The van der Waals surface area contributed by atoms with Gasteiger partial charge in [0.1, 0.15) is 11.4 Å². The molecular weight excluding hydrogens is 384 g/mol. The van der Waals surface area contributed by atoms with E-state index in [4.69, 9.17) is 0 Å². The van der Waals surface area contributed by atoms with Crippen molar-refractivity contribution in [3.63, 3.8) is 0 Å². The standard InChI is InChI=1S/C22H18N4O2S/c1-15-7-9-16(10-8-15)12-24-25-20(27)13-26-14-23-21-18(22(26)28)11-19(29-21)17-5-3-2-4-6-17/h2-12,14H,13H2,1H3,(H,25,27)/b24-12-. The van der Waals surface area contributed by atoms with Crippen molar-refractivity contribution in [3.8, 4) is 10.4 Å². The van der Waals surface area contributed by atoms with E-state index in [2.05, 4.69) is 15.5 Å². The fourth-order valence-electron chi connectivity index (χ4n) is 2.84. The predicted molar refractivity (Wildman–Crippen MR) is 116 cm³/mol. The molecule has 7 heteroatoms. The SMILES string of the molecule is Cc1ccc(/C=N\NC(=O)Cn2cnc3sc(-c4ccccc4)cc3c2=O)cc1. The first-order chi connectivity index (χ1) is 14.1. The van der Waals surface area contributed by atoms with E-state index in [0.717, 1.165) is 21.6 Å². The van der Waals surface area contributed by atoms with Gasteiger partial charge >= 0.3 is 0 Å². The van der Waals surface area contributed by atoms with E-state index in [1.165, 1.54) is 22.2 Å². The highest BCUT2D eigenvalue weighted by atomic mass is 32.1. The quantitative estimate of drug-likeness (QED) is 0.409. The minimum atomic E-state index is -0.393. The highest BCUT2D eigenvalue weighted by Gasteiger charge is 2.12. The van der Waals surface area contributed by atoms with Crippen LogP contribution < -0.4 is 11.0 Å². The van der Waals surface area contributed by atoms with Crippen LogP contribution in [0.1, 0.15) is 11.1 Å². The minimum absolute atomic E-state index is 0.149. The molecule has 0 spiro atoms. The third-order valence-electron chi connectivity index (χ3n) is 4.37. The Bertz CT molecular complexity index is 1240. The molecule has 1 N–H and O–H groups in total. The van der Waals surface area contributed by atoms with E-state index in [1.807, 2.05) is 67.6 Å². The van der Waals surface area contributed by atoms with Crippen molar-refractivity contribution in [2.24, 2.45) is 5.10 Å². The lowest BCUT2D eigenvalue weighted by atomic mass is 10.2. The van der Waals surface area contributed by atoms with Crippen molar-refractivity contribution in [2.75, 3.05) is 0 Å². The third-order valence-corrected chi connectivity index (χ3v) is 5.46. The van der Waals surface area contributed by atoms with Crippen LogP contribution in [0.25, 0.3) is 20.7 Å². The Labute approximate surface area is 171 Å². The first-order valence-electron chi connectivity index (χ1n) is 9.03. The number of fused-ring (bicyclic) bond motifs is 1. The number of aryl methyl sites for hydroxylation is 1. The Kier molecular flexibility index (Phi) is 5.31. The van der Waals surface area contributed by atoms with Crippen LogP contribution >= 0.6 is 11.3 Å². The number of hydrogen-bond donors (Lipinski definition) is 1. The van der Waals surface area contributed by atoms with Gasteiger partial charge < -0.3 is 0 Å². The van der Waals surface area contributed by atoms with Crippen LogP contribution in [0.15, 0.2) is 76.9 Å². The van der Waals surface area contributed by atoms with Gasteiger partial charge in [-0.25, -0.2) is 10.4 Å². The molecule has 4 rings (SSSR count). The van der Waals surface area contributed by atoms with Crippen molar-refractivity contribution in [1.29, 1.82) is 0 Å². The molecule has 0 radical (unpaired) electrons. The van der Waals surface area contributed by atoms with Gasteiger partial charge in [0.05, 0.1) is 17.9 Å². The number of amides is 1. The highest BCUT2D eigenvalue weighted by molar-refractivity contribution is 7.21. The fraction of sp³-hybridized carbons (Fsp3) is 0.0909. The van der Waals surface area contributed by atoms with Crippen LogP contribution in [0.4, 0.5) is 0 Å². The van der Waals surface area contributed by atoms with Crippen molar-refractivity contribution in [1.82, 2.24) is 15.0 Å². The topological polar surface area (TPSA) is 76.3 Å². The van der Waals surface area contributed by atoms with Crippen molar-refractivity contribution in [3.05, 3.63) is 88.5 Å². The summed E-state index contributed by atoms with van der Waals surface area (Å²) in [6.07, 6.45) is 2.96. The van der Waals surface area contributed by atoms with Gasteiger partial charge in [-0.05, 0) is 24.1 Å². The average molecular weight is 402 g/mol. The van der Waals surface area contributed by atoms with Crippen molar-refractivity contribution in [2.45, 2.75) is 13.5 Å². The number of benzene rings is 2.